The summed E-state index contributed by atoms with van der Waals surface area (Å²) in [5, 5.41) is 0. The van der Waals surface area contributed by atoms with Crippen molar-refractivity contribution in [3.8, 4) is 11.5 Å². The number of nitrogens with two attached hydrogens (primary N) is 1. The van der Waals surface area contributed by atoms with Gasteiger partial charge in [0.25, 0.3) is 0 Å². The number of halogens is 1. The molecular weight excluding hydrogens is 452 g/mol. The first-order valence-electron chi connectivity index (χ1n) is 9.62. The molecule has 2 aromatic rings. The highest BCUT2D eigenvalue weighted by molar-refractivity contribution is 9.10. The number of aryl methyl sites for hydroxylation is 2. The first-order valence-corrected chi connectivity index (χ1v) is 10.4. The van der Waals surface area contributed by atoms with Crippen molar-refractivity contribution in [3.63, 3.8) is 0 Å². The summed E-state index contributed by atoms with van der Waals surface area (Å²) in [4.78, 5) is 26.2. The van der Waals surface area contributed by atoms with Gasteiger partial charge in [0.2, 0.25) is 5.91 Å². The zero-order valence-corrected chi connectivity index (χ0v) is 18.8. The van der Waals surface area contributed by atoms with Crippen LogP contribution in [-0.4, -0.2) is 32.8 Å². The van der Waals surface area contributed by atoms with Crippen LogP contribution < -0.4 is 20.1 Å². The standard InChI is InChI=1S/C22H25BrN2O5/c1-13-9-16(30-22(27)29-3)11-17(23)21(13)18(24)12-20(26)25-8-4-5-14-10-15(28-2)6-7-19(14)25/h6-7,9-11,18H,4-5,8,12,24H2,1-3H3. The van der Waals surface area contributed by atoms with E-state index in [9.17, 15) is 9.59 Å². The van der Waals surface area contributed by atoms with Crippen LogP contribution in [0, 0.1) is 6.92 Å². The summed E-state index contributed by atoms with van der Waals surface area (Å²) in [5.74, 6) is 1.09. The summed E-state index contributed by atoms with van der Waals surface area (Å²) in [6.07, 6.45) is 1.16. The molecule has 1 atom stereocenters. The molecule has 0 bridgehead atoms. The maximum Gasteiger partial charge on any atom is 0.513 e. The van der Waals surface area contributed by atoms with Crippen molar-refractivity contribution in [2.45, 2.75) is 32.2 Å². The predicted molar refractivity (Wildman–Crippen MR) is 117 cm³/mol. The molecule has 1 amide bonds. The van der Waals surface area contributed by atoms with Crippen LogP contribution in [0.25, 0.3) is 0 Å². The first kappa shape index (κ1) is 22.1. The highest BCUT2D eigenvalue weighted by atomic mass is 79.9. The number of fused-ring (bicyclic) bond motifs is 1. The third-order valence-electron chi connectivity index (χ3n) is 5.15. The minimum Gasteiger partial charge on any atom is -0.497 e. The van der Waals surface area contributed by atoms with Gasteiger partial charge in [-0.3, -0.25) is 4.79 Å². The van der Waals surface area contributed by atoms with Crippen LogP contribution in [0.5, 0.6) is 11.5 Å². The lowest BCUT2D eigenvalue weighted by Gasteiger charge is -2.31. The zero-order chi connectivity index (χ0) is 21.8. The SMILES string of the molecule is COC(=O)Oc1cc(C)c(C(N)CC(=O)N2CCCc3cc(OC)ccc32)c(Br)c1. The Bertz CT molecular complexity index is 940. The Balaban J connectivity index is 1.78. The number of hydrogen-bond donors (Lipinski definition) is 1. The van der Waals surface area contributed by atoms with Crippen molar-refractivity contribution < 1.29 is 23.8 Å². The van der Waals surface area contributed by atoms with Gasteiger partial charge in [-0.2, -0.15) is 0 Å². The van der Waals surface area contributed by atoms with Gasteiger partial charge < -0.3 is 24.8 Å². The summed E-state index contributed by atoms with van der Waals surface area (Å²) >= 11 is 3.49. The molecule has 0 spiro atoms. The van der Waals surface area contributed by atoms with Gasteiger partial charge in [0, 0.05) is 29.2 Å². The smallest absolute Gasteiger partial charge is 0.497 e. The van der Waals surface area contributed by atoms with Crippen LogP contribution in [0.1, 0.15) is 35.6 Å². The second kappa shape index (κ2) is 9.49. The molecule has 30 heavy (non-hydrogen) atoms. The Labute approximate surface area is 184 Å². The molecule has 8 heteroatoms. The Hall–Kier alpha value is -2.58. The largest absolute Gasteiger partial charge is 0.513 e. The quantitative estimate of drug-likeness (QED) is 0.511. The minimum atomic E-state index is -0.797. The average Bonchev–Trinajstić information content (AvgIpc) is 2.72. The average molecular weight is 477 g/mol. The van der Waals surface area contributed by atoms with E-state index in [0.29, 0.717) is 16.8 Å². The molecule has 160 valence electrons. The summed E-state index contributed by atoms with van der Waals surface area (Å²) in [5.41, 5.74) is 10.0. The third kappa shape index (κ3) is 4.76. The van der Waals surface area contributed by atoms with Crippen molar-refractivity contribution >= 4 is 33.7 Å². The highest BCUT2D eigenvalue weighted by Crippen LogP contribution is 2.34. The van der Waals surface area contributed by atoms with E-state index in [2.05, 4.69) is 20.7 Å². The fourth-order valence-corrected chi connectivity index (χ4v) is 4.58. The molecule has 2 aromatic carbocycles. The maximum absolute atomic E-state index is 13.1. The second-order valence-corrected chi connectivity index (χ2v) is 8.00. The molecule has 0 saturated heterocycles. The summed E-state index contributed by atoms with van der Waals surface area (Å²) in [6.45, 7) is 2.52. The van der Waals surface area contributed by atoms with Crippen LogP contribution in [0.15, 0.2) is 34.8 Å². The number of amides is 1. The molecule has 0 saturated carbocycles. The molecule has 2 N–H and O–H groups in total. The van der Waals surface area contributed by atoms with Crippen LogP contribution in [0.3, 0.4) is 0 Å². The van der Waals surface area contributed by atoms with Gasteiger partial charge in [-0.25, -0.2) is 4.79 Å². The van der Waals surface area contributed by atoms with Crippen molar-refractivity contribution in [2.75, 3.05) is 25.7 Å². The van der Waals surface area contributed by atoms with Crippen molar-refractivity contribution in [3.05, 3.63) is 51.5 Å². The molecule has 3 rings (SSSR count). The molecular formula is C22H25BrN2O5. The number of anilines is 1. The molecule has 0 aliphatic carbocycles. The summed E-state index contributed by atoms with van der Waals surface area (Å²) in [6, 6.07) is 8.61. The number of methoxy groups -OCH3 is 2. The normalized spacial score (nSPS) is 14.0. The Morgan fingerprint density at radius 3 is 2.63 bits per heavy atom. The predicted octanol–water partition coefficient (Wildman–Crippen LogP) is 4.28. The number of rotatable bonds is 5. The van der Waals surface area contributed by atoms with E-state index in [-0.39, 0.29) is 12.3 Å². The van der Waals surface area contributed by atoms with Crippen LogP contribution in [-0.2, 0) is 16.0 Å². The third-order valence-corrected chi connectivity index (χ3v) is 5.81. The fourth-order valence-electron chi connectivity index (χ4n) is 3.75. The van der Waals surface area contributed by atoms with Crippen LogP contribution in [0.4, 0.5) is 10.5 Å². The molecule has 1 aliphatic heterocycles. The second-order valence-electron chi connectivity index (χ2n) is 7.15. The number of ether oxygens (including phenoxy) is 3. The van der Waals surface area contributed by atoms with Gasteiger partial charge in [0.05, 0.1) is 14.2 Å². The van der Waals surface area contributed by atoms with Gasteiger partial charge in [0.1, 0.15) is 11.5 Å². The molecule has 1 heterocycles. The summed E-state index contributed by atoms with van der Waals surface area (Å²) in [7, 11) is 2.88. The van der Waals surface area contributed by atoms with Crippen LogP contribution >= 0.6 is 15.9 Å². The van der Waals surface area contributed by atoms with E-state index in [0.717, 1.165) is 41.0 Å². The highest BCUT2D eigenvalue weighted by Gasteiger charge is 2.26. The van der Waals surface area contributed by atoms with Gasteiger partial charge in [-0.1, -0.05) is 15.9 Å². The number of hydrogen-bond acceptors (Lipinski definition) is 6. The first-order chi connectivity index (χ1) is 14.3. The van der Waals surface area contributed by atoms with E-state index in [1.807, 2.05) is 25.1 Å². The minimum absolute atomic E-state index is 0.0326. The van der Waals surface area contributed by atoms with Gasteiger partial charge in [-0.15, -0.1) is 0 Å². The van der Waals surface area contributed by atoms with Crippen molar-refractivity contribution in [1.29, 1.82) is 0 Å². The topological polar surface area (TPSA) is 91.1 Å². The fraction of sp³-hybridized carbons (Fsp3) is 0.364. The maximum atomic E-state index is 13.1. The van der Waals surface area contributed by atoms with E-state index in [4.69, 9.17) is 15.2 Å². The lowest BCUT2D eigenvalue weighted by Crippen LogP contribution is -2.37. The number of carbonyl (C=O) groups is 2. The number of nitrogens with zero attached hydrogens (tertiary/aromatic N) is 1. The Morgan fingerprint density at radius 1 is 1.20 bits per heavy atom. The lowest BCUT2D eigenvalue weighted by atomic mass is 9.97. The molecule has 1 unspecified atom stereocenters. The molecule has 0 fully saturated rings. The monoisotopic (exact) mass is 476 g/mol. The van der Waals surface area contributed by atoms with Gasteiger partial charge >= 0.3 is 6.16 Å². The van der Waals surface area contributed by atoms with Gasteiger partial charge in [0.15, 0.2) is 0 Å². The van der Waals surface area contributed by atoms with E-state index in [1.165, 1.54) is 7.11 Å². The Morgan fingerprint density at radius 2 is 1.97 bits per heavy atom. The molecule has 7 nitrogen and oxygen atoms in total. The van der Waals surface area contributed by atoms with Crippen molar-refractivity contribution in [2.24, 2.45) is 5.73 Å². The zero-order valence-electron chi connectivity index (χ0n) is 17.2. The number of benzene rings is 2. The molecule has 0 aromatic heterocycles. The summed E-state index contributed by atoms with van der Waals surface area (Å²) < 4.78 is 15.6. The number of carbonyl (C=O) groups excluding carboxylic acids is 2. The van der Waals surface area contributed by atoms with E-state index < -0.39 is 12.2 Å². The molecule has 0 radical (unpaired) electrons. The van der Waals surface area contributed by atoms with Crippen LogP contribution in [0.2, 0.25) is 0 Å². The molecule has 1 aliphatic rings. The van der Waals surface area contributed by atoms with Crippen molar-refractivity contribution in [1.82, 2.24) is 0 Å². The Kier molecular flexibility index (Phi) is 6.99. The van der Waals surface area contributed by atoms with E-state index in [1.54, 1.807) is 24.1 Å². The van der Waals surface area contributed by atoms with Gasteiger partial charge in [-0.05, 0) is 66.8 Å². The van der Waals surface area contributed by atoms with E-state index >= 15 is 0 Å². The lowest BCUT2D eigenvalue weighted by molar-refractivity contribution is -0.119.